The summed E-state index contributed by atoms with van der Waals surface area (Å²) in [4.78, 5) is 51.7. The molecule has 2 aromatic rings. The largest absolute Gasteiger partial charge is 1.00 e. The zero-order chi connectivity index (χ0) is 20.9. The Morgan fingerprint density at radius 3 is 2.20 bits per heavy atom. The fourth-order valence-electron chi connectivity index (χ4n) is 3.22. The monoisotopic (exact) mass is 459 g/mol. The van der Waals surface area contributed by atoms with Gasteiger partial charge in [-0.2, -0.15) is 8.42 Å². The van der Waals surface area contributed by atoms with Crippen molar-refractivity contribution in [1.29, 1.82) is 0 Å². The van der Waals surface area contributed by atoms with Gasteiger partial charge in [0.2, 0.25) is 5.91 Å². The number of β-lactam (4-membered cyclic amide) rings is 1. The first-order valence-electron chi connectivity index (χ1n) is 8.30. The number of amides is 4. The molecule has 4 rings (SSSR count). The van der Waals surface area contributed by atoms with E-state index in [1.807, 2.05) is 0 Å². The van der Waals surface area contributed by atoms with Crippen LogP contribution in [0, 0.1) is 0 Å². The molecule has 2 aliphatic heterocycles. The van der Waals surface area contributed by atoms with Gasteiger partial charge in [0.25, 0.3) is 17.7 Å². The fraction of sp³-hybridized carbons (Fsp3) is 0.176. The average Bonchev–Trinajstić information content (AvgIpc) is 3.27. The smallest absolute Gasteiger partial charge is 1.00 e. The molecule has 0 bridgehead atoms. The van der Waals surface area contributed by atoms with Crippen molar-refractivity contribution in [3.8, 4) is 0 Å². The predicted molar refractivity (Wildman–Crippen MR) is 100 cm³/mol. The van der Waals surface area contributed by atoms with Crippen molar-refractivity contribution in [2.24, 2.45) is 0 Å². The Labute approximate surface area is 198 Å². The van der Waals surface area contributed by atoms with Crippen LogP contribution in [0.1, 0.15) is 33.1 Å². The maximum atomic E-state index is 12.9. The second kappa shape index (κ2) is 8.21. The van der Waals surface area contributed by atoms with Gasteiger partial charge in [0, 0.05) is 4.88 Å². The Kier molecular flexibility index (Phi) is 6.18. The molecule has 1 aromatic carbocycles. The number of rotatable bonds is 5. The van der Waals surface area contributed by atoms with Gasteiger partial charge >= 0.3 is 39.9 Å². The van der Waals surface area contributed by atoms with Crippen LogP contribution in [0.3, 0.4) is 0 Å². The number of imide groups is 1. The van der Waals surface area contributed by atoms with Crippen molar-refractivity contribution in [3.63, 3.8) is 0 Å². The molecule has 4 amide bonds. The van der Waals surface area contributed by atoms with Gasteiger partial charge in [0.05, 0.1) is 17.7 Å². The fourth-order valence-corrected chi connectivity index (χ4v) is 4.73. The van der Waals surface area contributed by atoms with Crippen LogP contribution in [-0.4, -0.2) is 58.4 Å². The van der Waals surface area contributed by atoms with Gasteiger partial charge in [0.1, 0.15) is 6.04 Å². The van der Waals surface area contributed by atoms with E-state index in [0.717, 1.165) is 16.2 Å². The third-order valence-electron chi connectivity index (χ3n) is 4.63. The molecule has 0 saturated carbocycles. The zero-order valence-electron chi connectivity index (χ0n) is 16.5. The second-order valence-electron chi connectivity index (χ2n) is 6.35. The van der Waals surface area contributed by atoms with Crippen LogP contribution >= 0.6 is 11.3 Å². The van der Waals surface area contributed by atoms with E-state index in [0.29, 0.717) is 4.88 Å². The first-order chi connectivity index (χ1) is 13.7. The maximum absolute atomic E-state index is 12.9. The summed E-state index contributed by atoms with van der Waals surface area (Å²) in [6.07, 6.45) is 0. The maximum Gasteiger partial charge on any atom is 1.00 e. The van der Waals surface area contributed by atoms with E-state index in [9.17, 15) is 27.6 Å². The van der Waals surface area contributed by atoms with E-state index in [1.165, 1.54) is 12.1 Å². The van der Waals surface area contributed by atoms with Crippen LogP contribution in [0.5, 0.6) is 0 Å². The molecular formula is C17H14N3NaO7S2. The molecule has 2 atom stereocenters. The van der Waals surface area contributed by atoms with Crippen molar-refractivity contribution in [2.45, 2.75) is 12.1 Å². The Bertz CT molecular complexity index is 1120. The Morgan fingerprint density at radius 1 is 1.13 bits per heavy atom. The van der Waals surface area contributed by atoms with Crippen molar-refractivity contribution in [3.05, 3.63) is 57.8 Å². The number of carbonyl (C=O) groups is 4. The third kappa shape index (κ3) is 3.70. The van der Waals surface area contributed by atoms with Gasteiger partial charge in [0.15, 0.2) is 6.04 Å². The predicted octanol–water partition coefficient (Wildman–Crippen LogP) is -2.67. The SMILES string of the molecule is O=C(NC1CN(S(=O)(=O)O)C1=O)C(c1cccs1)N1C(=O)c2ccccc2C1=O.[H-].[Na+]. The van der Waals surface area contributed by atoms with Crippen molar-refractivity contribution in [1.82, 2.24) is 14.5 Å². The quantitative estimate of drug-likeness (QED) is 0.215. The number of hydrogen-bond acceptors (Lipinski definition) is 7. The van der Waals surface area contributed by atoms with E-state index in [-0.39, 0.29) is 46.4 Å². The van der Waals surface area contributed by atoms with Crippen LogP contribution in [0.4, 0.5) is 0 Å². The number of nitrogens with zero attached hydrogens (tertiary/aromatic N) is 2. The van der Waals surface area contributed by atoms with E-state index >= 15 is 0 Å². The number of fused-ring (bicyclic) bond motifs is 1. The summed E-state index contributed by atoms with van der Waals surface area (Å²) in [6, 6.07) is 6.88. The topological polar surface area (TPSA) is 141 Å². The summed E-state index contributed by atoms with van der Waals surface area (Å²) in [5.74, 6) is -3.10. The van der Waals surface area contributed by atoms with E-state index in [1.54, 1.807) is 29.6 Å². The van der Waals surface area contributed by atoms with Gasteiger partial charge in [-0.25, -0.2) is 4.31 Å². The molecule has 1 saturated heterocycles. The molecule has 13 heteroatoms. The summed E-state index contributed by atoms with van der Waals surface area (Å²) in [7, 11) is -4.70. The molecule has 30 heavy (non-hydrogen) atoms. The van der Waals surface area contributed by atoms with E-state index in [4.69, 9.17) is 4.55 Å². The molecule has 0 aliphatic carbocycles. The molecule has 1 fully saturated rings. The molecule has 2 aliphatic rings. The molecule has 2 unspecified atom stereocenters. The minimum Gasteiger partial charge on any atom is -1.00 e. The third-order valence-corrected chi connectivity index (χ3v) is 6.44. The minimum atomic E-state index is -4.70. The molecule has 152 valence electrons. The number of nitrogens with one attached hydrogen (secondary N) is 1. The van der Waals surface area contributed by atoms with Crippen molar-refractivity contribution in [2.75, 3.05) is 6.54 Å². The summed E-state index contributed by atoms with van der Waals surface area (Å²) in [6.45, 7) is -0.442. The molecule has 0 spiro atoms. The normalized spacial score (nSPS) is 19.1. The first-order valence-corrected chi connectivity index (χ1v) is 10.6. The van der Waals surface area contributed by atoms with Crippen LogP contribution < -0.4 is 34.9 Å². The number of benzene rings is 1. The summed E-state index contributed by atoms with van der Waals surface area (Å²) in [5.41, 5.74) is 0.341. The van der Waals surface area contributed by atoms with Gasteiger partial charge in [-0.1, -0.05) is 18.2 Å². The molecule has 0 radical (unpaired) electrons. The molecule has 2 N–H and O–H groups in total. The zero-order valence-corrected chi connectivity index (χ0v) is 19.1. The molecule has 10 nitrogen and oxygen atoms in total. The number of hydrogen-bond donors (Lipinski definition) is 2. The second-order valence-corrected chi connectivity index (χ2v) is 8.67. The molecular weight excluding hydrogens is 445 g/mol. The van der Waals surface area contributed by atoms with Gasteiger partial charge in [-0.3, -0.25) is 28.6 Å². The van der Waals surface area contributed by atoms with E-state index < -0.39 is 52.6 Å². The standard InChI is InChI=1S/C17H13N3O7S2.Na.H/c21-14(18-11-8-19(17(11)24)29(25,26)27)13(12-6-3-7-28-12)20-15(22)9-4-1-2-5-10(9)16(20)23;;/h1-7,11,13H,8H2,(H,18,21)(H,25,26,27);;/q;+1;-1. The summed E-state index contributed by atoms with van der Waals surface area (Å²) in [5, 5.41) is 4.03. The van der Waals surface area contributed by atoms with Crippen molar-refractivity contribution < 1.29 is 63.1 Å². The van der Waals surface area contributed by atoms with Crippen LogP contribution in [0.2, 0.25) is 0 Å². The van der Waals surface area contributed by atoms with Crippen LogP contribution in [0.15, 0.2) is 41.8 Å². The summed E-state index contributed by atoms with van der Waals surface area (Å²) >= 11 is 1.15. The van der Waals surface area contributed by atoms with Crippen LogP contribution in [-0.2, 0) is 19.9 Å². The first kappa shape index (κ1) is 22.6. The molecule has 1 aromatic heterocycles. The van der Waals surface area contributed by atoms with Gasteiger partial charge < -0.3 is 6.74 Å². The number of thiophene rings is 1. The Morgan fingerprint density at radius 2 is 1.73 bits per heavy atom. The van der Waals surface area contributed by atoms with Gasteiger partial charge in [-0.05, 0) is 23.6 Å². The number of carbonyl (C=O) groups excluding carboxylic acids is 4. The van der Waals surface area contributed by atoms with Crippen LogP contribution in [0.25, 0.3) is 0 Å². The van der Waals surface area contributed by atoms with Crippen molar-refractivity contribution >= 4 is 45.3 Å². The average molecular weight is 459 g/mol. The minimum absolute atomic E-state index is 0. The molecule has 3 heterocycles. The Balaban J connectivity index is 0.00000171. The Hall–Kier alpha value is -2.09. The summed E-state index contributed by atoms with van der Waals surface area (Å²) < 4.78 is 31.2. The van der Waals surface area contributed by atoms with Gasteiger partial charge in [-0.15, -0.1) is 11.3 Å². The van der Waals surface area contributed by atoms with E-state index in [2.05, 4.69) is 5.32 Å².